The van der Waals surface area contributed by atoms with E-state index in [1.165, 1.54) is 17.9 Å². The predicted molar refractivity (Wildman–Crippen MR) is 116 cm³/mol. The first-order chi connectivity index (χ1) is 15.0. The van der Waals surface area contributed by atoms with Crippen LogP contribution >= 0.6 is 0 Å². The molecule has 0 aliphatic carbocycles. The lowest BCUT2D eigenvalue weighted by molar-refractivity contribution is -0.124. The summed E-state index contributed by atoms with van der Waals surface area (Å²) in [4.78, 5) is 39.4. The summed E-state index contributed by atoms with van der Waals surface area (Å²) in [5, 5.41) is 3.10. The van der Waals surface area contributed by atoms with Crippen molar-refractivity contribution < 1.29 is 13.9 Å². The number of furan rings is 1. The quantitative estimate of drug-likeness (QED) is 0.518. The molecule has 0 spiro atoms. The molecule has 8 nitrogen and oxygen atoms in total. The fourth-order valence-electron chi connectivity index (χ4n) is 3.47. The maximum Gasteiger partial charge on any atom is 0.336 e. The van der Waals surface area contributed by atoms with Crippen molar-refractivity contribution in [1.82, 2.24) is 14.5 Å². The summed E-state index contributed by atoms with van der Waals surface area (Å²) >= 11 is 0. The first-order valence-electron chi connectivity index (χ1n) is 9.72. The minimum Gasteiger partial charge on any atom is -0.497 e. The van der Waals surface area contributed by atoms with E-state index in [9.17, 15) is 14.4 Å². The Morgan fingerprint density at radius 3 is 2.48 bits per heavy atom. The number of carbonyl (C=O) groups excluding carboxylic acids is 1. The Balaban J connectivity index is 1.83. The van der Waals surface area contributed by atoms with E-state index in [2.05, 4.69) is 5.32 Å². The van der Waals surface area contributed by atoms with Gasteiger partial charge in [0, 0.05) is 0 Å². The van der Waals surface area contributed by atoms with Crippen LogP contribution < -0.4 is 21.3 Å². The Kier molecular flexibility index (Phi) is 5.44. The van der Waals surface area contributed by atoms with Gasteiger partial charge in [-0.2, -0.15) is 0 Å². The standard InChI is InChI=1S/C23H21N3O5/c1-15(21(27)24-14-18-6-5-13-31-18)25-20-8-4-3-7-19(20)22(28)26(23(25)29)16-9-11-17(30-2)12-10-16/h3-13,15H,14H2,1-2H3,(H,24,27). The number of rotatable bonds is 6. The van der Waals surface area contributed by atoms with Gasteiger partial charge < -0.3 is 14.5 Å². The highest BCUT2D eigenvalue weighted by molar-refractivity contribution is 5.84. The van der Waals surface area contributed by atoms with E-state index in [0.29, 0.717) is 28.1 Å². The van der Waals surface area contributed by atoms with Crippen LogP contribution in [-0.4, -0.2) is 22.2 Å². The number of nitrogens with zero attached hydrogens (tertiary/aromatic N) is 2. The van der Waals surface area contributed by atoms with Gasteiger partial charge in [-0.15, -0.1) is 0 Å². The molecule has 0 aliphatic heterocycles. The van der Waals surface area contributed by atoms with Crippen LogP contribution in [0.2, 0.25) is 0 Å². The van der Waals surface area contributed by atoms with E-state index in [-0.39, 0.29) is 12.5 Å². The van der Waals surface area contributed by atoms with E-state index in [0.717, 1.165) is 4.57 Å². The number of methoxy groups -OCH3 is 1. The summed E-state index contributed by atoms with van der Waals surface area (Å²) in [5.41, 5.74) is -0.277. The van der Waals surface area contributed by atoms with Gasteiger partial charge in [0.1, 0.15) is 17.6 Å². The van der Waals surface area contributed by atoms with Gasteiger partial charge in [0.05, 0.1) is 36.5 Å². The molecule has 4 aromatic rings. The summed E-state index contributed by atoms with van der Waals surface area (Å²) < 4.78 is 12.8. The van der Waals surface area contributed by atoms with Crippen molar-refractivity contribution in [3.63, 3.8) is 0 Å². The molecular weight excluding hydrogens is 398 g/mol. The summed E-state index contributed by atoms with van der Waals surface area (Å²) in [7, 11) is 1.53. The third-order valence-corrected chi connectivity index (χ3v) is 5.11. The monoisotopic (exact) mass is 419 g/mol. The second-order valence-corrected chi connectivity index (χ2v) is 6.98. The fourth-order valence-corrected chi connectivity index (χ4v) is 3.47. The predicted octanol–water partition coefficient (Wildman–Crippen LogP) is 2.63. The number of nitrogens with one attached hydrogen (secondary N) is 1. The van der Waals surface area contributed by atoms with Crippen LogP contribution in [0.3, 0.4) is 0 Å². The average molecular weight is 419 g/mol. The van der Waals surface area contributed by atoms with Crippen LogP contribution in [-0.2, 0) is 11.3 Å². The molecular formula is C23H21N3O5. The Morgan fingerprint density at radius 1 is 1.06 bits per heavy atom. The van der Waals surface area contributed by atoms with Gasteiger partial charge in [0.25, 0.3) is 5.56 Å². The molecule has 8 heteroatoms. The second kappa shape index (κ2) is 8.35. The van der Waals surface area contributed by atoms with E-state index >= 15 is 0 Å². The minimum absolute atomic E-state index is 0.195. The van der Waals surface area contributed by atoms with Crippen molar-refractivity contribution in [2.24, 2.45) is 0 Å². The average Bonchev–Trinajstić information content (AvgIpc) is 3.31. The molecule has 4 rings (SSSR count). The van der Waals surface area contributed by atoms with Crippen molar-refractivity contribution in [3.8, 4) is 11.4 Å². The first-order valence-corrected chi connectivity index (χ1v) is 9.72. The molecule has 1 amide bonds. The smallest absolute Gasteiger partial charge is 0.336 e. The largest absolute Gasteiger partial charge is 0.497 e. The maximum absolute atomic E-state index is 13.4. The van der Waals surface area contributed by atoms with Crippen molar-refractivity contribution in [1.29, 1.82) is 0 Å². The second-order valence-electron chi connectivity index (χ2n) is 6.98. The molecule has 0 radical (unpaired) electrons. The SMILES string of the molecule is COc1ccc(-n2c(=O)c3ccccc3n(C(C)C(=O)NCc3ccco3)c2=O)cc1. The number of aromatic nitrogens is 2. The van der Waals surface area contributed by atoms with Gasteiger partial charge in [-0.05, 0) is 55.5 Å². The highest BCUT2D eigenvalue weighted by Crippen LogP contribution is 2.17. The highest BCUT2D eigenvalue weighted by Gasteiger charge is 2.22. The zero-order valence-electron chi connectivity index (χ0n) is 17.1. The molecule has 31 heavy (non-hydrogen) atoms. The van der Waals surface area contributed by atoms with Crippen LogP contribution in [0.15, 0.2) is 80.9 Å². The molecule has 0 saturated heterocycles. The zero-order valence-corrected chi connectivity index (χ0v) is 17.1. The van der Waals surface area contributed by atoms with Crippen molar-refractivity contribution in [2.45, 2.75) is 19.5 Å². The lowest BCUT2D eigenvalue weighted by atomic mass is 10.2. The number of para-hydroxylation sites is 1. The highest BCUT2D eigenvalue weighted by atomic mass is 16.5. The van der Waals surface area contributed by atoms with Gasteiger partial charge in [-0.25, -0.2) is 9.36 Å². The van der Waals surface area contributed by atoms with Crippen LogP contribution in [0, 0.1) is 0 Å². The summed E-state index contributed by atoms with van der Waals surface area (Å²) in [6.45, 7) is 1.81. The van der Waals surface area contributed by atoms with Crippen molar-refractivity contribution in [2.75, 3.05) is 7.11 Å². The molecule has 2 heterocycles. The van der Waals surface area contributed by atoms with Crippen LogP contribution in [0.25, 0.3) is 16.6 Å². The molecule has 1 atom stereocenters. The van der Waals surface area contributed by atoms with Gasteiger partial charge in [0.15, 0.2) is 0 Å². The van der Waals surface area contributed by atoms with Gasteiger partial charge in [-0.1, -0.05) is 12.1 Å². The first kappa shape index (κ1) is 20.2. The number of amides is 1. The normalized spacial score (nSPS) is 11.9. The number of hydrogen-bond donors (Lipinski definition) is 1. The molecule has 1 N–H and O–H groups in total. The van der Waals surface area contributed by atoms with Gasteiger partial charge in [0.2, 0.25) is 5.91 Å². The number of carbonyl (C=O) groups is 1. The van der Waals surface area contributed by atoms with E-state index in [1.54, 1.807) is 67.6 Å². The molecule has 2 aromatic heterocycles. The maximum atomic E-state index is 13.4. The lowest BCUT2D eigenvalue weighted by Crippen LogP contribution is -2.43. The van der Waals surface area contributed by atoms with Crippen LogP contribution in [0.1, 0.15) is 18.7 Å². The Labute approximate surface area is 177 Å². The Hall–Kier alpha value is -4.07. The lowest BCUT2D eigenvalue weighted by Gasteiger charge is -2.19. The fraction of sp³-hybridized carbons (Fsp3) is 0.174. The number of ether oxygens (including phenoxy) is 1. The summed E-state index contributed by atoms with van der Waals surface area (Å²) in [6, 6.07) is 15.9. The molecule has 2 aromatic carbocycles. The molecule has 0 bridgehead atoms. The minimum atomic E-state index is -0.863. The number of fused-ring (bicyclic) bond motifs is 1. The molecule has 158 valence electrons. The third kappa shape index (κ3) is 3.75. The molecule has 1 unspecified atom stereocenters. The Morgan fingerprint density at radius 2 is 1.81 bits per heavy atom. The zero-order chi connectivity index (χ0) is 22.0. The van der Waals surface area contributed by atoms with E-state index in [1.807, 2.05) is 0 Å². The van der Waals surface area contributed by atoms with E-state index < -0.39 is 17.3 Å². The molecule has 0 aliphatic rings. The van der Waals surface area contributed by atoms with Crippen LogP contribution in [0.4, 0.5) is 0 Å². The summed E-state index contributed by atoms with van der Waals surface area (Å²) in [5.74, 6) is 0.827. The number of hydrogen-bond acceptors (Lipinski definition) is 5. The summed E-state index contributed by atoms with van der Waals surface area (Å²) in [6.07, 6.45) is 1.52. The van der Waals surface area contributed by atoms with Gasteiger partial charge in [-0.3, -0.25) is 14.2 Å². The number of benzene rings is 2. The van der Waals surface area contributed by atoms with Crippen molar-refractivity contribution in [3.05, 3.63) is 93.5 Å². The van der Waals surface area contributed by atoms with Gasteiger partial charge >= 0.3 is 5.69 Å². The van der Waals surface area contributed by atoms with Crippen LogP contribution in [0.5, 0.6) is 5.75 Å². The Bertz CT molecular complexity index is 1330. The van der Waals surface area contributed by atoms with E-state index in [4.69, 9.17) is 9.15 Å². The van der Waals surface area contributed by atoms with Crippen molar-refractivity contribution >= 4 is 16.8 Å². The molecule has 0 saturated carbocycles. The molecule has 0 fully saturated rings. The topological polar surface area (TPSA) is 95.5 Å². The third-order valence-electron chi connectivity index (χ3n) is 5.11.